The van der Waals surface area contributed by atoms with E-state index in [9.17, 15) is 0 Å². The van der Waals surface area contributed by atoms with Crippen molar-refractivity contribution in [1.29, 1.82) is 0 Å². The fraction of sp³-hybridized carbons (Fsp3) is 0.111. The van der Waals surface area contributed by atoms with E-state index in [1.807, 2.05) is 66.7 Å². The molecule has 6 rings (SSSR count). The lowest BCUT2D eigenvalue weighted by atomic mass is 10.1. The fourth-order valence-electron chi connectivity index (χ4n) is 4.31. The number of rotatable bonds is 4. The zero-order chi connectivity index (χ0) is 22.4. The summed E-state index contributed by atoms with van der Waals surface area (Å²) in [7, 11) is 0. The maximum absolute atomic E-state index is 5.96. The third-order valence-electron chi connectivity index (χ3n) is 5.90. The Hall–Kier alpha value is -4.32. The Balaban J connectivity index is 1.48. The van der Waals surface area contributed by atoms with Gasteiger partial charge < -0.3 is 8.98 Å². The van der Waals surface area contributed by atoms with Crippen molar-refractivity contribution in [2.24, 2.45) is 0 Å². The van der Waals surface area contributed by atoms with Crippen LogP contribution in [0.25, 0.3) is 45.3 Å². The number of fused-ring (bicyclic) bond motifs is 4. The summed E-state index contributed by atoms with van der Waals surface area (Å²) in [6.07, 6.45) is 3.79. The molecule has 0 unspecified atom stereocenters. The molecule has 6 aromatic rings. The highest BCUT2D eigenvalue weighted by Crippen LogP contribution is 2.33. The Kier molecular flexibility index (Phi) is 4.50. The zero-order valence-corrected chi connectivity index (χ0v) is 18.4. The normalized spacial score (nSPS) is 11.9. The lowest BCUT2D eigenvalue weighted by molar-refractivity contribution is 0.475. The van der Waals surface area contributed by atoms with Crippen molar-refractivity contribution in [3.8, 4) is 0 Å². The molecule has 0 N–H and O–H groups in total. The van der Waals surface area contributed by atoms with Crippen molar-refractivity contribution in [2.75, 3.05) is 0 Å². The van der Waals surface area contributed by atoms with Crippen molar-refractivity contribution in [1.82, 2.24) is 24.7 Å². The molecule has 0 fully saturated rings. The molecular formula is C27H21N5O. The molecule has 0 bridgehead atoms. The van der Waals surface area contributed by atoms with E-state index in [1.54, 1.807) is 0 Å². The molecule has 0 saturated carbocycles. The number of benzene rings is 3. The average Bonchev–Trinajstić information content (AvgIpc) is 3.42. The van der Waals surface area contributed by atoms with Gasteiger partial charge in [-0.15, -0.1) is 10.2 Å². The SMILES string of the molecule is Cc1ccc(C)c2c1c1nc3ccccc3nc1n2Cc1nnc(/C=C/c2ccccc2)o1. The van der Waals surface area contributed by atoms with Gasteiger partial charge in [0.05, 0.1) is 16.6 Å². The molecule has 160 valence electrons. The summed E-state index contributed by atoms with van der Waals surface area (Å²) in [6.45, 7) is 4.64. The average molecular weight is 431 g/mol. The summed E-state index contributed by atoms with van der Waals surface area (Å²) in [5.41, 5.74) is 7.96. The summed E-state index contributed by atoms with van der Waals surface area (Å²) < 4.78 is 8.10. The highest BCUT2D eigenvalue weighted by atomic mass is 16.4. The quantitative estimate of drug-likeness (QED) is 0.345. The molecule has 0 spiro atoms. The van der Waals surface area contributed by atoms with E-state index in [0.717, 1.165) is 44.2 Å². The largest absolute Gasteiger partial charge is 0.419 e. The van der Waals surface area contributed by atoms with Crippen LogP contribution in [-0.4, -0.2) is 24.7 Å². The van der Waals surface area contributed by atoms with E-state index in [-0.39, 0.29) is 0 Å². The van der Waals surface area contributed by atoms with Gasteiger partial charge >= 0.3 is 0 Å². The first-order chi connectivity index (χ1) is 16.2. The van der Waals surface area contributed by atoms with E-state index >= 15 is 0 Å². The predicted octanol–water partition coefficient (Wildman–Crippen LogP) is 5.96. The number of aromatic nitrogens is 5. The first-order valence-corrected chi connectivity index (χ1v) is 10.9. The van der Waals surface area contributed by atoms with Crippen molar-refractivity contribution in [3.63, 3.8) is 0 Å². The smallest absolute Gasteiger partial charge is 0.240 e. The predicted molar refractivity (Wildman–Crippen MR) is 131 cm³/mol. The second kappa shape index (κ2) is 7.67. The van der Waals surface area contributed by atoms with Gasteiger partial charge in [0.25, 0.3) is 0 Å². The van der Waals surface area contributed by atoms with Gasteiger partial charge in [-0.25, -0.2) is 9.97 Å². The van der Waals surface area contributed by atoms with E-state index in [0.29, 0.717) is 18.3 Å². The van der Waals surface area contributed by atoms with Crippen LogP contribution in [0, 0.1) is 13.8 Å². The molecule has 0 aliphatic rings. The van der Waals surface area contributed by atoms with Crippen LogP contribution in [0.1, 0.15) is 28.5 Å². The van der Waals surface area contributed by atoms with Crippen LogP contribution < -0.4 is 0 Å². The van der Waals surface area contributed by atoms with Gasteiger partial charge in [0, 0.05) is 11.5 Å². The van der Waals surface area contributed by atoms with Gasteiger partial charge in [-0.05, 0) is 48.7 Å². The maximum Gasteiger partial charge on any atom is 0.240 e. The Morgan fingerprint density at radius 3 is 2.33 bits per heavy atom. The molecular weight excluding hydrogens is 410 g/mol. The Labute approximate surface area is 190 Å². The van der Waals surface area contributed by atoms with Crippen LogP contribution in [0.5, 0.6) is 0 Å². The summed E-state index contributed by atoms with van der Waals surface area (Å²) in [5.74, 6) is 0.997. The van der Waals surface area contributed by atoms with Crippen molar-refractivity contribution < 1.29 is 4.42 Å². The summed E-state index contributed by atoms with van der Waals surface area (Å²) in [4.78, 5) is 9.95. The van der Waals surface area contributed by atoms with E-state index in [1.165, 1.54) is 5.56 Å². The number of aryl methyl sites for hydroxylation is 2. The van der Waals surface area contributed by atoms with Crippen molar-refractivity contribution in [3.05, 3.63) is 95.2 Å². The van der Waals surface area contributed by atoms with E-state index in [2.05, 4.69) is 40.7 Å². The topological polar surface area (TPSA) is 69.6 Å². The lowest BCUT2D eigenvalue weighted by Gasteiger charge is -2.06. The van der Waals surface area contributed by atoms with Gasteiger partial charge in [-0.2, -0.15) is 0 Å². The number of hydrogen-bond acceptors (Lipinski definition) is 5. The lowest BCUT2D eigenvalue weighted by Crippen LogP contribution is -2.02. The molecule has 0 saturated heterocycles. The maximum atomic E-state index is 5.96. The number of nitrogens with zero attached hydrogens (tertiary/aromatic N) is 5. The monoisotopic (exact) mass is 431 g/mol. The minimum atomic E-state index is 0.420. The molecule has 0 aliphatic carbocycles. The van der Waals surface area contributed by atoms with Crippen LogP contribution in [0.3, 0.4) is 0 Å². The molecule has 6 heteroatoms. The molecule has 0 atom stereocenters. The fourth-order valence-corrected chi connectivity index (χ4v) is 4.31. The van der Waals surface area contributed by atoms with Crippen LogP contribution in [-0.2, 0) is 6.54 Å². The molecule has 0 aliphatic heterocycles. The van der Waals surface area contributed by atoms with Gasteiger partial charge in [-0.1, -0.05) is 54.6 Å². The van der Waals surface area contributed by atoms with Crippen LogP contribution in [0.2, 0.25) is 0 Å². The molecule has 3 aromatic heterocycles. The Bertz CT molecular complexity index is 1660. The standard InChI is InChI=1S/C27H21N5O/c1-17-12-13-18(2)26-24(17)25-27(29-21-11-7-6-10-20(21)28-25)32(26)16-23-31-30-22(33-23)15-14-19-8-4-3-5-9-19/h3-15H,16H2,1-2H3/b15-14+. The summed E-state index contributed by atoms with van der Waals surface area (Å²) >= 11 is 0. The first-order valence-electron chi connectivity index (χ1n) is 10.9. The van der Waals surface area contributed by atoms with Crippen LogP contribution >= 0.6 is 0 Å². The third kappa shape index (κ3) is 3.36. The van der Waals surface area contributed by atoms with Crippen LogP contribution in [0.4, 0.5) is 0 Å². The van der Waals surface area contributed by atoms with Gasteiger partial charge in [-0.3, -0.25) is 0 Å². The second-order valence-corrected chi connectivity index (χ2v) is 8.17. The zero-order valence-electron chi connectivity index (χ0n) is 18.4. The van der Waals surface area contributed by atoms with Crippen LogP contribution in [0.15, 0.2) is 71.1 Å². The highest BCUT2D eigenvalue weighted by molar-refractivity contribution is 6.09. The molecule has 33 heavy (non-hydrogen) atoms. The molecule has 3 heterocycles. The second-order valence-electron chi connectivity index (χ2n) is 8.17. The van der Waals surface area contributed by atoms with Crippen molar-refractivity contribution in [2.45, 2.75) is 20.4 Å². The molecule has 0 amide bonds. The molecule has 6 nitrogen and oxygen atoms in total. The van der Waals surface area contributed by atoms with Gasteiger partial charge in [0.15, 0.2) is 5.65 Å². The van der Waals surface area contributed by atoms with Gasteiger partial charge in [0.2, 0.25) is 11.8 Å². The minimum absolute atomic E-state index is 0.420. The summed E-state index contributed by atoms with van der Waals surface area (Å²) in [5, 5.41) is 9.62. The Morgan fingerprint density at radius 2 is 1.52 bits per heavy atom. The van der Waals surface area contributed by atoms with Gasteiger partial charge in [0.1, 0.15) is 12.1 Å². The van der Waals surface area contributed by atoms with E-state index < -0.39 is 0 Å². The molecule has 0 radical (unpaired) electrons. The minimum Gasteiger partial charge on any atom is -0.419 e. The van der Waals surface area contributed by atoms with E-state index in [4.69, 9.17) is 14.4 Å². The first kappa shape index (κ1) is 19.4. The Morgan fingerprint density at radius 1 is 0.788 bits per heavy atom. The number of para-hydroxylation sites is 2. The third-order valence-corrected chi connectivity index (χ3v) is 5.90. The highest BCUT2D eigenvalue weighted by Gasteiger charge is 2.19. The number of hydrogen-bond donors (Lipinski definition) is 0. The summed E-state index contributed by atoms with van der Waals surface area (Å²) in [6, 6.07) is 22.3. The molecule has 3 aromatic carbocycles. The van der Waals surface area contributed by atoms with Crippen molar-refractivity contribution >= 4 is 45.3 Å².